The largest absolute Gasteiger partial charge is 0.488 e. The van der Waals surface area contributed by atoms with Crippen molar-refractivity contribution in [3.05, 3.63) is 52.9 Å². The van der Waals surface area contributed by atoms with Gasteiger partial charge in [-0.15, -0.1) is 0 Å². The van der Waals surface area contributed by atoms with E-state index in [0.717, 1.165) is 12.7 Å². The predicted octanol–water partition coefficient (Wildman–Crippen LogP) is 5.73. The van der Waals surface area contributed by atoms with Gasteiger partial charge in [0.1, 0.15) is 11.4 Å². The fraction of sp³-hybridized carbons (Fsp3) is 0.500. The number of methoxy groups -OCH3 is 1. The van der Waals surface area contributed by atoms with E-state index >= 15 is 0 Å². The van der Waals surface area contributed by atoms with Crippen molar-refractivity contribution in [1.82, 2.24) is 4.98 Å². The number of hydrogen-bond acceptors (Lipinski definition) is 4. The van der Waals surface area contributed by atoms with Gasteiger partial charge in [-0.25, -0.2) is 4.99 Å². The Labute approximate surface area is 158 Å². The molecular weight excluding hydrogens is 357 g/mol. The lowest BCUT2D eigenvalue weighted by Crippen LogP contribution is -2.25. The Morgan fingerprint density at radius 2 is 1.85 bits per heavy atom. The van der Waals surface area contributed by atoms with Crippen LogP contribution in [0.25, 0.3) is 0 Å². The first-order chi connectivity index (χ1) is 12.4. The maximum Gasteiger partial charge on any atom is 0.425 e. The number of aryl methyl sites for hydroxylation is 1. The van der Waals surface area contributed by atoms with Gasteiger partial charge < -0.3 is 9.47 Å². The summed E-state index contributed by atoms with van der Waals surface area (Å²) >= 11 is 0. The molecule has 0 fully saturated rings. The molecule has 0 aromatic carbocycles. The number of alkyl halides is 3. The summed E-state index contributed by atoms with van der Waals surface area (Å²) in [5.74, 6) is -0.867. The minimum atomic E-state index is -4.71. The van der Waals surface area contributed by atoms with E-state index in [-0.39, 0.29) is 5.76 Å². The molecule has 0 aliphatic carbocycles. The van der Waals surface area contributed by atoms with Crippen LogP contribution < -0.4 is 0 Å². The quantitative estimate of drug-likeness (QED) is 0.357. The highest BCUT2D eigenvalue weighted by molar-refractivity contribution is 5.97. The summed E-state index contributed by atoms with van der Waals surface area (Å²) in [5, 5.41) is 0. The molecule has 0 atom stereocenters. The molecule has 0 spiro atoms. The summed E-state index contributed by atoms with van der Waals surface area (Å²) in [5.41, 5.74) is -0.146. The number of hydrogen-bond donors (Lipinski definition) is 0. The van der Waals surface area contributed by atoms with E-state index in [1.807, 2.05) is 13.0 Å². The SMILES string of the molecule is CC/C=C(OC(C)(C)C)/C(=C(\N=C(/C)c1ccc(C)cn1)OC)C(F)(F)F. The van der Waals surface area contributed by atoms with Crippen molar-refractivity contribution in [3.8, 4) is 0 Å². The predicted molar refractivity (Wildman–Crippen MR) is 100 cm³/mol. The van der Waals surface area contributed by atoms with Crippen molar-refractivity contribution >= 4 is 5.71 Å². The Bertz CT molecular complexity index is 725. The van der Waals surface area contributed by atoms with Crippen molar-refractivity contribution in [2.24, 2.45) is 4.99 Å². The van der Waals surface area contributed by atoms with Gasteiger partial charge in [-0.3, -0.25) is 4.98 Å². The summed E-state index contributed by atoms with van der Waals surface area (Å²) in [6.07, 6.45) is -1.34. The maximum atomic E-state index is 13.9. The van der Waals surface area contributed by atoms with E-state index in [1.54, 1.807) is 46.9 Å². The van der Waals surface area contributed by atoms with E-state index in [9.17, 15) is 13.2 Å². The first-order valence-corrected chi connectivity index (χ1v) is 8.62. The van der Waals surface area contributed by atoms with Gasteiger partial charge >= 0.3 is 6.18 Å². The monoisotopic (exact) mass is 384 g/mol. The van der Waals surface area contributed by atoms with Gasteiger partial charge in [0.25, 0.3) is 0 Å². The number of halogens is 3. The van der Waals surface area contributed by atoms with Gasteiger partial charge in [0.05, 0.1) is 18.5 Å². The number of aromatic nitrogens is 1. The first-order valence-electron chi connectivity index (χ1n) is 8.62. The summed E-state index contributed by atoms with van der Waals surface area (Å²) in [7, 11) is 1.15. The molecule has 1 rings (SSSR count). The van der Waals surface area contributed by atoms with Crippen molar-refractivity contribution in [2.45, 2.75) is 59.7 Å². The highest BCUT2D eigenvalue weighted by atomic mass is 19.4. The Kier molecular flexibility index (Phi) is 7.63. The van der Waals surface area contributed by atoms with Gasteiger partial charge in [0.15, 0.2) is 5.57 Å². The number of aliphatic imine (C=N–C) groups is 1. The van der Waals surface area contributed by atoms with Crippen molar-refractivity contribution in [3.63, 3.8) is 0 Å². The zero-order valence-corrected chi connectivity index (χ0v) is 16.9. The topological polar surface area (TPSA) is 43.7 Å². The van der Waals surface area contributed by atoms with Crippen molar-refractivity contribution in [1.29, 1.82) is 0 Å². The molecule has 7 heteroatoms. The summed E-state index contributed by atoms with van der Waals surface area (Å²) in [4.78, 5) is 8.26. The zero-order valence-electron chi connectivity index (χ0n) is 16.9. The molecule has 0 amide bonds. The fourth-order valence-electron chi connectivity index (χ4n) is 2.17. The average Bonchev–Trinajstić information content (AvgIpc) is 2.52. The van der Waals surface area contributed by atoms with E-state index in [4.69, 9.17) is 9.47 Å². The van der Waals surface area contributed by atoms with E-state index < -0.39 is 23.2 Å². The number of ether oxygens (including phenoxy) is 2. The highest BCUT2D eigenvalue weighted by Gasteiger charge is 2.42. The van der Waals surface area contributed by atoms with Crippen LogP contribution in [0.1, 0.15) is 52.3 Å². The Morgan fingerprint density at radius 1 is 1.22 bits per heavy atom. The molecule has 1 aromatic rings. The molecular formula is C20H27F3N2O2. The van der Waals surface area contributed by atoms with Crippen LogP contribution in [-0.4, -0.2) is 29.6 Å². The molecule has 0 bridgehead atoms. The van der Waals surface area contributed by atoms with Crippen LogP contribution in [0.4, 0.5) is 13.2 Å². The fourth-order valence-corrected chi connectivity index (χ4v) is 2.17. The summed E-state index contributed by atoms with van der Waals surface area (Å²) in [6.45, 7) is 10.2. The van der Waals surface area contributed by atoms with Crippen LogP contribution in [0.5, 0.6) is 0 Å². The number of rotatable bonds is 6. The maximum absolute atomic E-state index is 13.9. The Balaban J connectivity index is 3.57. The molecule has 0 saturated carbocycles. The Morgan fingerprint density at radius 3 is 2.26 bits per heavy atom. The smallest absolute Gasteiger partial charge is 0.425 e. The van der Waals surface area contributed by atoms with Crippen LogP contribution in [0.15, 0.2) is 46.6 Å². The number of nitrogens with zero attached hydrogens (tertiary/aromatic N) is 2. The van der Waals surface area contributed by atoms with Gasteiger partial charge in [0, 0.05) is 6.20 Å². The average molecular weight is 384 g/mol. The molecule has 0 saturated heterocycles. The minimum Gasteiger partial charge on any atom is -0.488 e. The lowest BCUT2D eigenvalue weighted by Gasteiger charge is -2.26. The van der Waals surface area contributed by atoms with Crippen LogP contribution in [-0.2, 0) is 9.47 Å². The van der Waals surface area contributed by atoms with Crippen LogP contribution >= 0.6 is 0 Å². The van der Waals surface area contributed by atoms with E-state index in [1.165, 1.54) is 6.08 Å². The van der Waals surface area contributed by atoms with Crippen LogP contribution in [0.2, 0.25) is 0 Å². The molecule has 4 nitrogen and oxygen atoms in total. The standard InChI is InChI=1S/C20H27F3N2O2/c1-8-9-16(27-19(4,5)6)17(20(21,22)23)18(26-7)25-14(3)15-11-10-13(2)12-24-15/h9-12H,8H2,1-7H3/b16-9-,18-17-,25-14+. The van der Waals surface area contributed by atoms with Crippen LogP contribution in [0.3, 0.4) is 0 Å². The molecule has 0 unspecified atom stereocenters. The van der Waals surface area contributed by atoms with Gasteiger partial charge in [-0.05, 0) is 58.7 Å². The normalized spacial score (nSPS) is 14.7. The number of allylic oxidation sites excluding steroid dienone is 2. The third kappa shape index (κ3) is 7.07. The van der Waals surface area contributed by atoms with Crippen LogP contribution in [0, 0.1) is 6.92 Å². The second-order valence-electron chi connectivity index (χ2n) is 6.99. The molecule has 150 valence electrons. The summed E-state index contributed by atoms with van der Waals surface area (Å²) < 4.78 is 52.2. The van der Waals surface area contributed by atoms with E-state index in [2.05, 4.69) is 9.98 Å². The van der Waals surface area contributed by atoms with Crippen molar-refractivity contribution < 1.29 is 22.6 Å². The van der Waals surface area contributed by atoms with Crippen molar-refractivity contribution in [2.75, 3.05) is 7.11 Å². The first kappa shape index (κ1) is 22.7. The lowest BCUT2D eigenvalue weighted by atomic mass is 10.1. The second-order valence-corrected chi connectivity index (χ2v) is 6.99. The third-order valence-electron chi connectivity index (χ3n) is 3.29. The van der Waals surface area contributed by atoms with Gasteiger partial charge in [0.2, 0.25) is 5.88 Å². The second kappa shape index (κ2) is 9.06. The molecule has 1 heterocycles. The molecule has 27 heavy (non-hydrogen) atoms. The zero-order chi connectivity index (χ0) is 20.8. The molecule has 0 radical (unpaired) electrons. The van der Waals surface area contributed by atoms with Gasteiger partial charge in [-0.2, -0.15) is 13.2 Å². The Hall–Kier alpha value is -2.31. The van der Waals surface area contributed by atoms with Gasteiger partial charge in [-0.1, -0.05) is 13.0 Å². The molecule has 1 aromatic heterocycles. The highest BCUT2D eigenvalue weighted by Crippen LogP contribution is 2.37. The lowest BCUT2D eigenvalue weighted by molar-refractivity contribution is -0.101. The molecule has 0 N–H and O–H groups in total. The third-order valence-corrected chi connectivity index (χ3v) is 3.29. The minimum absolute atomic E-state index is 0.303. The molecule has 0 aliphatic rings. The summed E-state index contributed by atoms with van der Waals surface area (Å²) in [6, 6.07) is 3.51. The molecule has 0 aliphatic heterocycles. The number of pyridine rings is 1. The van der Waals surface area contributed by atoms with E-state index in [0.29, 0.717) is 17.8 Å².